The molecule has 0 N–H and O–H groups in total. The van der Waals surface area contributed by atoms with Crippen molar-refractivity contribution < 1.29 is 42.1 Å². The molecule has 0 aliphatic carbocycles. The molecule has 2 atom stereocenters. The highest BCUT2D eigenvalue weighted by molar-refractivity contribution is 7.45. The standard InChI is InChI=1S/C54H90NO8P/c1-6-8-10-12-14-16-17-18-19-20-21-22-23-24-25-26-27-28-29-30-31-32-33-34-35-36-37-39-41-43-45-47-54(57)63-52(51-62-64(58,59)61-49-48-55(3,4)5)50-60-53(56)46-44-42-40-38-15-13-11-9-7-2/h8,10,14,16,18-19,21-22,24-25,27-28,30-31,33-34,36-37,52H,6-7,9,11-13,15,17,20,23,26,29,32,35,38-51H2,1-5H3/b10-8-,16-14-,19-18-,22-21-,25-24-,28-27-,31-30-,34-33-,37-36-. The quantitative estimate of drug-likeness (QED) is 0.0195. The number of rotatable bonds is 43. The van der Waals surface area contributed by atoms with Crippen molar-refractivity contribution in [1.82, 2.24) is 0 Å². The lowest BCUT2D eigenvalue weighted by Crippen LogP contribution is -2.37. The van der Waals surface area contributed by atoms with E-state index in [1.807, 2.05) is 21.1 Å². The third-order valence-electron chi connectivity index (χ3n) is 9.81. The molecule has 0 aromatic heterocycles. The van der Waals surface area contributed by atoms with E-state index in [1.54, 1.807) is 0 Å². The van der Waals surface area contributed by atoms with Crippen LogP contribution in [-0.4, -0.2) is 70.0 Å². The first-order valence-corrected chi connectivity index (χ1v) is 26.1. The summed E-state index contributed by atoms with van der Waals surface area (Å²) in [5.41, 5.74) is 0. The highest BCUT2D eigenvalue weighted by Gasteiger charge is 2.21. The van der Waals surface area contributed by atoms with E-state index < -0.39 is 32.5 Å². The normalized spacial score (nSPS) is 14.4. The van der Waals surface area contributed by atoms with Gasteiger partial charge >= 0.3 is 11.9 Å². The zero-order valence-electron chi connectivity index (χ0n) is 40.9. The molecule has 0 aromatic carbocycles. The molecule has 2 unspecified atom stereocenters. The summed E-state index contributed by atoms with van der Waals surface area (Å²) in [6, 6.07) is 0. The van der Waals surface area contributed by atoms with Gasteiger partial charge in [-0.25, -0.2) is 0 Å². The molecule has 0 saturated carbocycles. The van der Waals surface area contributed by atoms with Crippen LogP contribution in [0.25, 0.3) is 0 Å². The van der Waals surface area contributed by atoms with Crippen LogP contribution < -0.4 is 4.89 Å². The van der Waals surface area contributed by atoms with E-state index in [4.69, 9.17) is 18.5 Å². The van der Waals surface area contributed by atoms with Gasteiger partial charge in [-0.05, 0) is 83.5 Å². The number of hydrogen-bond acceptors (Lipinski definition) is 8. The summed E-state index contributed by atoms with van der Waals surface area (Å²) in [4.78, 5) is 37.5. The molecule has 10 heteroatoms. The van der Waals surface area contributed by atoms with Crippen LogP contribution in [-0.2, 0) is 32.7 Å². The summed E-state index contributed by atoms with van der Waals surface area (Å²) < 4.78 is 33.8. The second-order valence-corrected chi connectivity index (χ2v) is 18.5. The average molecular weight is 912 g/mol. The zero-order valence-corrected chi connectivity index (χ0v) is 41.8. The Labute approximate surface area is 391 Å². The van der Waals surface area contributed by atoms with Gasteiger partial charge in [0.25, 0.3) is 7.82 Å². The Bertz CT molecular complexity index is 1450. The number of ether oxygens (including phenoxy) is 2. The molecular weight excluding hydrogens is 822 g/mol. The summed E-state index contributed by atoms with van der Waals surface area (Å²) in [6.07, 6.45) is 61.4. The topological polar surface area (TPSA) is 111 Å². The molecule has 364 valence electrons. The number of nitrogens with zero attached hydrogens (tertiary/aromatic N) is 1. The monoisotopic (exact) mass is 912 g/mol. The molecule has 0 saturated heterocycles. The molecule has 0 spiro atoms. The zero-order chi connectivity index (χ0) is 47.1. The number of allylic oxidation sites excluding steroid dienone is 18. The van der Waals surface area contributed by atoms with Crippen molar-refractivity contribution in [3.05, 3.63) is 109 Å². The van der Waals surface area contributed by atoms with Crippen LogP contribution in [0.5, 0.6) is 0 Å². The molecule has 0 amide bonds. The molecule has 0 aliphatic heterocycles. The van der Waals surface area contributed by atoms with Crippen LogP contribution in [0.4, 0.5) is 0 Å². The fourth-order valence-corrected chi connectivity index (χ4v) is 6.73. The van der Waals surface area contributed by atoms with Gasteiger partial charge in [0.2, 0.25) is 0 Å². The summed E-state index contributed by atoms with van der Waals surface area (Å²) in [7, 11) is 1.12. The fourth-order valence-electron chi connectivity index (χ4n) is 6.00. The van der Waals surface area contributed by atoms with Crippen molar-refractivity contribution in [3.8, 4) is 0 Å². The molecule has 0 radical (unpaired) electrons. The first-order chi connectivity index (χ1) is 31.0. The Balaban J connectivity index is 4.27. The summed E-state index contributed by atoms with van der Waals surface area (Å²) in [5.74, 6) is -0.885. The van der Waals surface area contributed by atoms with Crippen molar-refractivity contribution in [3.63, 3.8) is 0 Å². The fraction of sp³-hybridized carbons (Fsp3) is 0.630. The van der Waals surface area contributed by atoms with Crippen LogP contribution in [0.3, 0.4) is 0 Å². The third kappa shape index (κ3) is 48.1. The van der Waals surface area contributed by atoms with Gasteiger partial charge in [0.1, 0.15) is 19.8 Å². The Kier molecular flexibility index (Phi) is 42.5. The maximum Gasteiger partial charge on any atom is 0.306 e. The third-order valence-corrected chi connectivity index (χ3v) is 10.8. The Morgan fingerprint density at radius 3 is 1.33 bits per heavy atom. The number of phosphoric acid groups is 1. The largest absolute Gasteiger partial charge is 0.756 e. The van der Waals surface area contributed by atoms with Gasteiger partial charge in [-0.15, -0.1) is 0 Å². The van der Waals surface area contributed by atoms with E-state index in [2.05, 4.69) is 123 Å². The highest BCUT2D eigenvalue weighted by atomic mass is 31.2. The van der Waals surface area contributed by atoms with Gasteiger partial charge in [0.05, 0.1) is 27.7 Å². The van der Waals surface area contributed by atoms with Gasteiger partial charge in [0, 0.05) is 12.8 Å². The van der Waals surface area contributed by atoms with Gasteiger partial charge in [-0.2, -0.15) is 0 Å². The molecule has 0 heterocycles. The minimum Gasteiger partial charge on any atom is -0.756 e. The van der Waals surface area contributed by atoms with Crippen LogP contribution >= 0.6 is 7.82 Å². The predicted octanol–water partition coefficient (Wildman–Crippen LogP) is 14.1. The maximum atomic E-state index is 12.7. The highest BCUT2D eigenvalue weighted by Crippen LogP contribution is 2.38. The Hall–Kier alpha value is -3.33. The lowest BCUT2D eigenvalue weighted by atomic mass is 10.1. The second-order valence-electron chi connectivity index (χ2n) is 17.1. The molecule has 0 rings (SSSR count). The molecule has 0 aliphatic rings. The van der Waals surface area contributed by atoms with Crippen LogP contribution in [0.2, 0.25) is 0 Å². The van der Waals surface area contributed by atoms with Crippen LogP contribution in [0.1, 0.15) is 168 Å². The lowest BCUT2D eigenvalue weighted by molar-refractivity contribution is -0.870. The van der Waals surface area contributed by atoms with Crippen LogP contribution in [0.15, 0.2) is 109 Å². The number of carbonyl (C=O) groups is 2. The van der Waals surface area contributed by atoms with E-state index in [-0.39, 0.29) is 26.1 Å². The summed E-state index contributed by atoms with van der Waals surface area (Å²) in [5, 5.41) is 0. The van der Waals surface area contributed by atoms with E-state index in [0.717, 1.165) is 96.3 Å². The number of unbranched alkanes of at least 4 members (excludes halogenated alkanes) is 11. The van der Waals surface area contributed by atoms with Crippen LogP contribution in [0, 0.1) is 0 Å². The van der Waals surface area contributed by atoms with Crippen molar-refractivity contribution in [1.29, 1.82) is 0 Å². The minimum absolute atomic E-state index is 0.0429. The molecule has 0 bridgehead atoms. The summed E-state index contributed by atoms with van der Waals surface area (Å²) >= 11 is 0. The molecule has 9 nitrogen and oxygen atoms in total. The number of likely N-dealkylation sites (N-methyl/N-ethyl adjacent to an activating group) is 1. The number of esters is 2. The first-order valence-electron chi connectivity index (χ1n) is 24.6. The number of phosphoric ester groups is 1. The molecular formula is C54H90NO8P. The minimum atomic E-state index is -4.64. The Morgan fingerprint density at radius 2 is 0.891 bits per heavy atom. The Morgan fingerprint density at radius 1 is 0.500 bits per heavy atom. The first kappa shape index (κ1) is 60.7. The van der Waals surface area contributed by atoms with E-state index in [9.17, 15) is 19.0 Å². The van der Waals surface area contributed by atoms with Crippen molar-refractivity contribution in [2.45, 2.75) is 174 Å². The van der Waals surface area contributed by atoms with Gasteiger partial charge in [-0.1, -0.05) is 181 Å². The van der Waals surface area contributed by atoms with Crippen molar-refractivity contribution in [2.24, 2.45) is 0 Å². The van der Waals surface area contributed by atoms with E-state index >= 15 is 0 Å². The van der Waals surface area contributed by atoms with Crippen molar-refractivity contribution in [2.75, 3.05) is 47.5 Å². The number of quaternary nitrogens is 1. The van der Waals surface area contributed by atoms with Gasteiger partial charge < -0.3 is 27.9 Å². The SMILES string of the molecule is CC/C=C\C/C=C\C/C=C\C/C=C\C/C=C\C/C=C\C/C=C\C/C=C\C/C=C\CCCCCC(=O)OC(COC(=O)CCCCCCCCCCC)COP(=O)([O-])OCC[N+](C)(C)C. The smallest absolute Gasteiger partial charge is 0.306 e. The second kappa shape index (κ2) is 44.9. The molecule has 0 fully saturated rings. The molecule has 64 heavy (non-hydrogen) atoms. The van der Waals surface area contributed by atoms with Crippen molar-refractivity contribution >= 4 is 19.8 Å². The predicted molar refractivity (Wildman–Crippen MR) is 268 cm³/mol. The summed E-state index contributed by atoms with van der Waals surface area (Å²) in [6.45, 7) is 4.02. The van der Waals surface area contributed by atoms with Gasteiger partial charge in [-0.3, -0.25) is 14.2 Å². The molecule has 0 aromatic rings. The number of hydrogen-bond donors (Lipinski definition) is 0. The van der Waals surface area contributed by atoms with E-state index in [1.165, 1.54) is 38.5 Å². The van der Waals surface area contributed by atoms with Gasteiger partial charge in [0.15, 0.2) is 6.10 Å². The maximum absolute atomic E-state index is 12.7. The number of carbonyl (C=O) groups excluding carboxylic acids is 2. The van der Waals surface area contributed by atoms with E-state index in [0.29, 0.717) is 17.4 Å². The average Bonchev–Trinajstić information content (AvgIpc) is 3.25. The lowest BCUT2D eigenvalue weighted by Gasteiger charge is -2.28.